The fraction of sp³-hybridized carbons (Fsp3) is 0.333. The molecule has 0 amide bonds. The molecule has 5 heteroatoms. The minimum atomic E-state index is -0.527. The lowest BCUT2D eigenvalue weighted by atomic mass is 10.0. The summed E-state index contributed by atoms with van der Waals surface area (Å²) < 4.78 is 25.8. The fourth-order valence-electron chi connectivity index (χ4n) is 1.13. The molecule has 0 unspecified atom stereocenters. The van der Waals surface area contributed by atoms with E-state index in [9.17, 15) is 8.78 Å². The van der Waals surface area contributed by atoms with Crippen LogP contribution in [-0.2, 0) is 0 Å². The number of benzene rings is 1. The third kappa shape index (κ3) is 3.21. The van der Waals surface area contributed by atoms with Gasteiger partial charge in [-0.3, -0.25) is 0 Å². The molecule has 0 saturated heterocycles. The Morgan fingerprint density at radius 1 is 1.29 bits per heavy atom. The predicted molar refractivity (Wildman–Crippen MR) is 54.2 cm³/mol. The molecule has 0 heterocycles. The number of rotatable bonds is 3. The molecule has 14 heavy (non-hydrogen) atoms. The normalized spacial score (nSPS) is 12.0. The third-order valence-corrected chi connectivity index (χ3v) is 1.84. The van der Waals surface area contributed by atoms with Crippen LogP contribution in [0.15, 0.2) is 18.2 Å². The quantitative estimate of drug-likeness (QED) is 0.819. The van der Waals surface area contributed by atoms with Crippen LogP contribution in [0, 0.1) is 11.6 Å². The highest BCUT2D eigenvalue weighted by molar-refractivity contribution is 5.85. The predicted octanol–water partition coefficient (Wildman–Crippen LogP) is 1.74. The molecule has 0 spiro atoms. The summed E-state index contributed by atoms with van der Waals surface area (Å²) in [6.45, 7) is 0.358. The topological polar surface area (TPSA) is 52.0 Å². The van der Waals surface area contributed by atoms with E-state index in [2.05, 4.69) is 0 Å². The summed E-state index contributed by atoms with van der Waals surface area (Å²) in [4.78, 5) is 0. The van der Waals surface area contributed by atoms with Gasteiger partial charge in [-0.2, -0.15) is 0 Å². The average Bonchev–Trinajstić information content (AvgIpc) is 2.09. The van der Waals surface area contributed by atoms with E-state index in [1.807, 2.05) is 0 Å². The zero-order valence-electron chi connectivity index (χ0n) is 7.54. The molecular weight excluding hydrogens is 210 g/mol. The van der Waals surface area contributed by atoms with E-state index in [-0.39, 0.29) is 18.0 Å². The SMILES string of the molecule is Cl.NCC[C@H](N)c1cc(F)ccc1F. The van der Waals surface area contributed by atoms with E-state index >= 15 is 0 Å². The molecule has 2 nitrogen and oxygen atoms in total. The van der Waals surface area contributed by atoms with Crippen molar-refractivity contribution in [2.75, 3.05) is 6.54 Å². The maximum atomic E-state index is 13.1. The standard InChI is InChI=1S/C9H12F2N2.ClH/c10-6-1-2-8(11)7(5-6)9(13)3-4-12;/h1-2,5,9H,3-4,12-13H2;1H/t9-;/m0./s1. The largest absolute Gasteiger partial charge is 0.330 e. The molecule has 0 aliphatic heterocycles. The Hall–Kier alpha value is -0.710. The first-order chi connectivity index (χ1) is 6.15. The highest BCUT2D eigenvalue weighted by Gasteiger charge is 2.11. The van der Waals surface area contributed by atoms with Crippen LogP contribution in [0.25, 0.3) is 0 Å². The smallest absolute Gasteiger partial charge is 0.128 e. The van der Waals surface area contributed by atoms with Crippen molar-refractivity contribution in [1.82, 2.24) is 0 Å². The first-order valence-corrected chi connectivity index (χ1v) is 4.05. The van der Waals surface area contributed by atoms with Crippen LogP contribution in [-0.4, -0.2) is 6.54 Å². The average molecular weight is 223 g/mol. The van der Waals surface area contributed by atoms with Crippen LogP contribution in [0.1, 0.15) is 18.0 Å². The molecule has 4 N–H and O–H groups in total. The summed E-state index contributed by atoms with van der Waals surface area (Å²) in [5.41, 5.74) is 11.0. The summed E-state index contributed by atoms with van der Waals surface area (Å²) in [6.07, 6.45) is 0.445. The molecule has 1 rings (SSSR count). The van der Waals surface area contributed by atoms with Gasteiger partial charge in [-0.25, -0.2) is 8.78 Å². The second-order valence-corrected chi connectivity index (χ2v) is 2.85. The molecule has 0 saturated carbocycles. The van der Waals surface area contributed by atoms with E-state index in [4.69, 9.17) is 11.5 Å². The molecule has 0 aliphatic carbocycles. The number of halogens is 3. The molecule has 0 fully saturated rings. The lowest BCUT2D eigenvalue weighted by Crippen LogP contribution is -2.16. The van der Waals surface area contributed by atoms with Crippen LogP contribution in [0.3, 0.4) is 0 Å². The first-order valence-electron chi connectivity index (χ1n) is 4.05. The summed E-state index contributed by atoms with van der Waals surface area (Å²) in [5, 5.41) is 0. The van der Waals surface area contributed by atoms with Crippen LogP contribution in [0.2, 0.25) is 0 Å². The van der Waals surface area contributed by atoms with Gasteiger partial charge in [-0.15, -0.1) is 12.4 Å². The molecule has 0 aliphatic rings. The van der Waals surface area contributed by atoms with E-state index in [0.717, 1.165) is 18.2 Å². The fourth-order valence-corrected chi connectivity index (χ4v) is 1.13. The lowest BCUT2D eigenvalue weighted by molar-refractivity contribution is 0.551. The minimum Gasteiger partial charge on any atom is -0.330 e. The van der Waals surface area contributed by atoms with E-state index in [0.29, 0.717) is 13.0 Å². The molecule has 0 radical (unpaired) electrons. The van der Waals surface area contributed by atoms with Gasteiger partial charge < -0.3 is 11.5 Å². The number of hydrogen-bond donors (Lipinski definition) is 2. The lowest BCUT2D eigenvalue weighted by Gasteiger charge is -2.11. The monoisotopic (exact) mass is 222 g/mol. The third-order valence-electron chi connectivity index (χ3n) is 1.84. The van der Waals surface area contributed by atoms with Gasteiger partial charge in [0.2, 0.25) is 0 Å². The molecule has 1 atom stereocenters. The van der Waals surface area contributed by atoms with Crippen molar-refractivity contribution in [3.05, 3.63) is 35.4 Å². The van der Waals surface area contributed by atoms with Crippen molar-refractivity contribution in [3.8, 4) is 0 Å². The second-order valence-electron chi connectivity index (χ2n) is 2.85. The highest BCUT2D eigenvalue weighted by Crippen LogP contribution is 2.18. The van der Waals surface area contributed by atoms with Crippen LogP contribution in [0.5, 0.6) is 0 Å². The van der Waals surface area contributed by atoms with E-state index in [1.165, 1.54) is 0 Å². The van der Waals surface area contributed by atoms with Crippen molar-refractivity contribution in [2.24, 2.45) is 11.5 Å². The van der Waals surface area contributed by atoms with E-state index < -0.39 is 17.7 Å². The maximum absolute atomic E-state index is 13.1. The Labute approximate surface area is 87.7 Å². The Bertz CT molecular complexity index is 294. The summed E-state index contributed by atoms with van der Waals surface area (Å²) in [5.74, 6) is -0.966. The van der Waals surface area contributed by atoms with Crippen LogP contribution in [0.4, 0.5) is 8.78 Å². The number of nitrogens with two attached hydrogens (primary N) is 2. The van der Waals surface area contributed by atoms with Crippen molar-refractivity contribution in [1.29, 1.82) is 0 Å². The zero-order valence-corrected chi connectivity index (χ0v) is 8.36. The zero-order chi connectivity index (χ0) is 9.84. The van der Waals surface area contributed by atoms with Gasteiger partial charge in [-0.05, 0) is 31.2 Å². The van der Waals surface area contributed by atoms with Gasteiger partial charge in [0.25, 0.3) is 0 Å². The maximum Gasteiger partial charge on any atom is 0.128 e. The Kier molecular flexibility index (Phi) is 5.60. The van der Waals surface area contributed by atoms with Crippen molar-refractivity contribution in [2.45, 2.75) is 12.5 Å². The van der Waals surface area contributed by atoms with Gasteiger partial charge in [0.05, 0.1) is 0 Å². The van der Waals surface area contributed by atoms with Gasteiger partial charge >= 0.3 is 0 Å². The van der Waals surface area contributed by atoms with Gasteiger partial charge in [0.1, 0.15) is 11.6 Å². The molecule has 80 valence electrons. The Morgan fingerprint density at radius 3 is 2.50 bits per heavy atom. The summed E-state index contributed by atoms with van der Waals surface area (Å²) in [6, 6.07) is 2.71. The summed E-state index contributed by atoms with van der Waals surface area (Å²) >= 11 is 0. The van der Waals surface area contributed by atoms with Crippen molar-refractivity contribution in [3.63, 3.8) is 0 Å². The first kappa shape index (κ1) is 13.3. The van der Waals surface area contributed by atoms with Gasteiger partial charge in [-0.1, -0.05) is 0 Å². The van der Waals surface area contributed by atoms with Crippen molar-refractivity contribution < 1.29 is 8.78 Å². The molecule has 1 aromatic carbocycles. The Morgan fingerprint density at radius 2 is 1.93 bits per heavy atom. The van der Waals surface area contributed by atoms with Gasteiger partial charge in [0.15, 0.2) is 0 Å². The Balaban J connectivity index is 0.00000169. The molecular formula is C9H13ClF2N2. The molecule has 1 aromatic rings. The van der Waals surface area contributed by atoms with Crippen molar-refractivity contribution >= 4 is 12.4 Å². The summed E-state index contributed by atoms with van der Waals surface area (Å²) in [7, 11) is 0. The number of hydrogen-bond acceptors (Lipinski definition) is 2. The minimum absolute atomic E-state index is 0. The molecule has 0 aromatic heterocycles. The highest BCUT2D eigenvalue weighted by atomic mass is 35.5. The second kappa shape index (κ2) is 5.90. The molecule has 0 bridgehead atoms. The van der Waals surface area contributed by atoms with Crippen LogP contribution < -0.4 is 11.5 Å². The van der Waals surface area contributed by atoms with Gasteiger partial charge in [0, 0.05) is 11.6 Å². The van der Waals surface area contributed by atoms with E-state index in [1.54, 1.807) is 0 Å². The van der Waals surface area contributed by atoms with Crippen LogP contribution >= 0.6 is 12.4 Å².